The highest BCUT2D eigenvalue weighted by molar-refractivity contribution is 5.78. The average Bonchev–Trinajstić information content (AvgIpc) is 3.29. The number of aromatic nitrogens is 2. The number of benzene rings is 1. The van der Waals surface area contributed by atoms with Gasteiger partial charge in [0.25, 0.3) is 0 Å². The molecule has 1 aromatic carbocycles. The van der Waals surface area contributed by atoms with Crippen molar-refractivity contribution in [1.29, 1.82) is 0 Å². The van der Waals surface area contributed by atoms with E-state index in [1.54, 1.807) is 7.11 Å². The molecule has 5 nitrogen and oxygen atoms in total. The molecule has 4 rings (SSSR count). The molecule has 2 atom stereocenters. The van der Waals surface area contributed by atoms with Crippen LogP contribution in [0, 0.1) is 13.8 Å². The third-order valence-electron chi connectivity index (χ3n) is 6.32. The summed E-state index contributed by atoms with van der Waals surface area (Å²) in [6.45, 7) is 7.32. The van der Waals surface area contributed by atoms with Gasteiger partial charge in [0.2, 0.25) is 5.91 Å². The second-order valence-corrected chi connectivity index (χ2v) is 7.99. The Morgan fingerprint density at radius 3 is 2.89 bits per heavy atom. The molecule has 2 aromatic rings. The van der Waals surface area contributed by atoms with Crippen molar-refractivity contribution >= 4 is 5.91 Å². The van der Waals surface area contributed by atoms with Gasteiger partial charge in [0, 0.05) is 18.2 Å². The molecule has 0 fully saturated rings. The van der Waals surface area contributed by atoms with Crippen molar-refractivity contribution in [3.63, 3.8) is 0 Å². The number of nitrogens with zero attached hydrogens (tertiary/aromatic N) is 3. The molecule has 1 aromatic heterocycles. The number of carbonyl (C=O) groups excluding carboxylic acids is 1. The van der Waals surface area contributed by atoms with Crippen molar-refractivity contribution < 1.29 is 9.53 Å². The van der Waals surface area contributed by atoms with E-state index in [1.807, 2.05) is 21.7 Å². The Morgan fingerprint density at radius 1 is 1.32 bits per heavy atom. The highest BCUT2D eigenvalue weighted by Gasteiger charge is 2.30. The average molecular weight is 380 g/mol. The van der Waals surface area contributed by atoms with Gasteiger partial charge in [-0.25, -0.2) is 0 Å². The van der Waals surface area contributed by atoms with Crippen molar-refractivity contribution in [2.45, 2.75) is 58.5 Å². The number of carbonyl (C=O) groups is 1. The predicted molar refractivity (Wildman–Crippen MR) is 110 cm³/mol. The molecule has 0 spiro atoms. The largest absolute Gasteiger partial charge is 0.496 e. The monoisotopic (exact) mass is 379 g/mol. The second-order valence-electron chi connectivity index (χ2n) is 7.99. The Kier molecular flexibility index (Phi) is 5.00. The number of hydrogen-bond acceptors (Lipinski definition) is 3. The number of rotatable bonds is 4. The first-order valence-corrected chi connectivity index (χ1v) is 10.2. The van der Waals surface area contributed by atoms with Gasteiger partial charge in [0.05, 0.1) is 18.8 Å². The van der Waals surface area contributed by atoms with Crippen LogP contribution in [-0.2, 0) is 17.8 Å². The van der Waals surface area contributed by atoms with Crippen molar-refractivity contribution in [3.05, 3.63) is 58.4 Å². The molecule has 1 aliphatic heterocycles. The highest BCUT2D eigenvalue weighted by Crippen LogP contribution is 2.34. The minimum atomic E-state index is -0.0491. The molecule has 0 saturated carbocycles. The van der Waals surface area contributed by atoms with Gasteiger partial charge in [-0.15, -0.1) is 0 Å². The Labute approximate surface area is 167 Å². The maximum atomic E-state index is 13.2. The summed E-state index contributed by atoms with van der Waals surface area (Å²) in [5, 5.41) is 4.81. The molecular formula is C23H29N3O2. The van der Waals surface area contributed by atoms with Crippen LogP contribution >= 0.6 is 0 Å². The summed E-state index contributed by atoms with van der Waals surface area (Å²) in [5.41, 5.74) is 5.89. The van der Waals surface area contributed by atoms with Crippen LogP contribution in [0.3, 0.4) is 0 Å². The third kappa shape index (κ3) is 3.13. The Hall–Kier alpha value is -2.56. The fourth-order valence-corrected chi connectivity index (χ4v) is 4.63. The van der Waals surface area contributed by atoms with Crippen LogP contribution in [0.2, 0.25) is 0 Å². The molecule has 0 saturated heterocycles. The molecule has 2 heterocycles. The lowest BCUT2D eigenvalue weighted by Gasteiger charge is -2.27. The quantitative estimate of drug-likeness (QED) is 0.752. The molecule has 0 radical (unpaired) electrons. The van der Waals surface area contributed by atoms with E-state index in [2.05, 4.69) is 39.0 Å². The molecule has 0 N–H and O–H groups in total. The first-order valence-electron chi connectivity index (χ1n) is 10.2. The summed E-state index contributed by atoms with van der Waals surface area (Å²) in [6, 6.07) is 5.98. The normalized spacial score (nSPS) is 21.1. The molecule has 0 bridgehead atoms. The minimum Gasteiger partial charge on any atom is -0.496 e. The van der Waals surface area contributed by atoms with E-state index in [9.17, 15) is 4.79 Å². The minimum absolute atomic E-state index is 0.0491. The van der Waals surface area contributed by atoms with Crippen LogP contribution in [0.4, 0.5) is 0 Å². The van der Waals surface area contributed by atoms with Crippen LogP contribution in [0.1, 0.15) is 59.8 Å². The Balaban J connectivity index is 1.57. The summed E-state index contributed by atoms with van der Waals surface area (Å²) in [7, 11) is 1.68. The van der Waals surface area contributed by atoms with E-state index >= 15 is 0 Å². The predicted octanol–water partition coefficient (Wildman–Crippen LogP) is 4.09. The zero-order chi connectivity index (χ0) is 19.8. The molecule has 28 heavy (non-hydrogen) atoms. The van der Waals surface area contributed by atoms with Gasteiger partial charge >= 0.3 is 0 Å². The van der Waals surface area contributed by atoms with E-state index in [1.165, 1.54) is 24.1 Å². The molecule has 1 amide bonds. The second kappa shape index (κ2) is 7.46. The van der Waals surface area contributed by atoms with Gasteiger partial charge in [-0.05, 0) is 55.9 Å². The fourth-order valence-electron chi connectivity index (χ4n) is 4.63. The summed E-state index contributed by atoms with van der Waals surface area (Å²) < 4.78 is 7.39. The van der Waals surface area contributed by atoms with Gasteiger partial charge in [0.1, 0.15) is 12.3 Å². The fraction of sp³-hybridized carbons (Fsp3) is 0.478. The van der Waals surface area contributed by atoms with E-state index in [-0.39, 0.29) is 11.9 Å². The molecule has 2 aliphatic rings. The summed E-state index contributed by atoms with van der Waals surface area (Å²) >= 11 is 0. The van der Waals surface area contributed by atoms with Crippen molar-refractivity contribution in [2.24, 2.45) is 0 Å². The maximum absolute atomic E-state index is 13.2. The summed E-state index contributed by atoms with van der Waals surface area (Å²) in [5.74, 6) is 1.45. The van der Waals surface area contributed by atoms with Crippen LogP contribution in [0.15, 0.2) is 30.4 Å². The molecule has 1 aliphatic carbocycles. The lowest BCUT2D eigenvalue weighted by atomic mass is 9.88. The van der Waals surface area contributed by atoms with Crippen molar-refractivity contribution in [2.75, 3.05) is 13.7 Å². The van der Waals surface area contributed by atoms with Gasteiger partial charge in [-0.1, -0.05) is 31.2 Å². The van der Waals surface area contributed by atoms with Crippen molar-refractivity contribution in [1.82, 2.24) is 14.7 Å². The van der Waals surface area contributed by atoms with Gasteiger partial charge < -0.3 is 9.64 Å². The summed E-state index contributed by atoms with van der Waals surface area (Å²) in [6.07, 6.45) is 7.66. The van der Waals surface area contributed by atoms with Crippen LogP contribution in [-0.4, -0.2) is 34.2 Å². The lowest BCUT2D eigenvalue weighted by Crippen LogP contribution is -2.34. The van der Waals surface area contributed by atoms with E-state index < -0.39 is 0 Å². The lowest BCUT2D eigenvalue weighted by molar-refractivity contribution is -0.132. The number of hydrogen-bond donors (Lipinski definition) is 0. The first-order chi connectivity index (χ1) is 13.5. The van der Waals surface area contributed by atoms with E-state index in [0.717, 1.165) is 29.0 Å². The summed E-state index contributed by atoms with van der Waals surface area (Å²) in [4.78, 5) is 15.1. The topological polar surface area (TPSA) is 47.4 Å². The van der Waals surface area contributed by atoms with Crippen LogP contribution in [0.5, 0.6) is 5.75 Å². The number of amides is 1. The third-order valence-corrected chi connectivity index (χ3v) is 6.32. The molecule has 148 valence electrons. The number of ether oxygens (including phenoxy) is 1. The van der Waals surface area contributed by atoms with Gasteiger partial charge in [0.15, 0.2) is 0 Å². The first kappa shape index (κ1) is 18.8. The SMILES string of the molecule is COc1cccc([C@@H]2C=CCN2C(=O)Cn2nc3c(c2C)CCC[C@@H]3C)c1C. The highest BCUT2D eigenvalue weighted by atomic mass is 16.5. The molecule has 5 heteroatoms. The number of fused-ring (bicyclic) bond motifs is 1. The van der Waals surface area contributed by atoms with Gasteiger partial charge in [-0.3, -0.25) is 9.48 Å². The zero-order valence-electron chi connectivity index (χ0n) is 17.2. The van der Waals surface area contributed by atoms with E-state index in [0.29, 0.717) is 19.0 Å². The van der Waals surface area contributed by atoms with Crippen molar-refractivity contribution in [3.8, 4) is 5.75 Å². The Morgan fingerprint density at radius 2 is 2.14 bits per heavy atom. The molecule has 0 unspecified atom stereocenters. The smallest absolute Gasteiger partial charge is 0.245 e. The number of methoxy groups -OCH3 is 1. The van der Waals surface area contributed by atoms with E-state index in [4.69, 9.17) is 9.84 Å². The van der Waals surface area contributed by atoms with Gasteiger partial charge in [-0.2, -0.15) is 5.10 Å². The standard InChI is InChI=1S/C23H29N3O2/c1-15-8-5-10-19-17(3)26(24-23(15)19)14-22(27)25-13-7-11-20(25)18-9-6-12-21(28-4)16(18)2/h6-7,9,11-12,15,20H,5,8,10,13-14H2,1-4H3/t15-,20-/m0/s1. The molecular weight excluding hydrogens is 350 g/mol. The Bertz CT molecular complexity index is 928. The maximum Gasteiger partial charge on any atom is 0.245 e. The van der Waals surface area contributed by atoms with Crippen LogP contribution < -0.4 is 4.74 Å². The zero-order valence-corrected chi connectivity index (χ0v) is 17.2. The van der Waals surface area contributed by atoms with Crippen LogP contribution in [0.25, 0.3) is 0 Å².